The van der Waals surface area contributed by atoms with Crippen LogP contribution in [-0.4, -0.2) is 4.98 Å². The SMILES string of the molecule is FC(F)c1c(CCl)cnc(Br)c1Br. The highest BCUT2D eigenvalue weighted by Crippen LogP contribution is 2.34. The van der Waals surface area contributed by atoms with Crippen LogP contribution in [0.25, 0.3) is 0 Å². The number of aromatic nitrogens is 1. The highest BCUT2D eigenvalue weighted by molar-refractivity contribution is 9.13. The molecule has 72 valence electrons. The lowest BCUT2D eigenvalue weighted by molar-refractivity contribution is 0.149. The van der Waals surface area contributed by atoms with Gasteiger partial charge < -0.3 is 0 Å². The molecule has 1 rings (SSSR count). The first kappa shape index (κ1) is 11.3. The molecule has 0 unspecified atom stereocenters. The van der Waals surface area contributed by atoms with Crippen LogP contribution in [0.2, 0.25) is 0 Å². The summed E-state index contributed by atoms with van der Waals surface area (Å²) < 4.78 is 25.7. The molecule has 1 heterocycles. The summed E-state index contributed by atoms with van der Waals surface area (Å²) in [6.07, 6.45) is -1.22. The molecule has 0 aliphatic heterocycles. The third-order valence-corrected chi connectivity index (χ3v) is 3.68. The molecule has 0 atom stereocenters. The van der Waals surface area contributed by atoms with E-state index in [1.165, 1.54) is 6.20 Å². The monoisotopic (exact) mass is 333 g/mol. The Labute approximate surface area is 95.8 Å². The van der Waals surface area contributed by atoms with Crippen molar-refractivity contribution in [3.8, 4) is 0 Å². The van der Waals surface area contributed by atoms with E-state index >= 15 is 0 Å². The van der Waals surface area contributed by atoms with Crippen LogP contribution in [0.1, 0.15) is 17.6 Å². The summed E-state index contributed by atoms with van der Waals surface area (Å²) in [7, 11) is 0. The average Bonchev–Trinajstić information content (AvgIpc) is 2.08. The largest absolute Gasteiger partial charge is 0.265 e. The fourth-order valence-electron chi connectivity index (χ4n) is 0.855. The lowest BCUT2D eigenvalue weighted by atomic mass is 10.2. The molecule has 0 bridgehead atoms. The van der Waals surface area contributed by atoms with Gasteiger partial charge in [0, 0.05) is 17.6 Å². The van der Waals surface area contributed by atoms with Crippen molar-refractivity contribution in [3.05, 3.63) is 26.4 Å². The van der Waals surface area contributed by atoms with Crippen LogP contribution in [-0.2, 0) is 5.88 Å². The summed E-state index contributed by atoms with van der Waals surface area (Å²) in [5.74, 6) is 0.0263. The highest BCUT2D eigenvalue weighted by atomic mass is 79.9. The Morgan fingerprint density at radius 3 is 2.54 bits per heavy atom. The predicted molar refractivity (Wildman–Crippen MR) is 54.2 cm³/mol. The molecule has 0 aliphatic carbocycles. The van der Waals surface area contributed by atoms with Crippen LogP contribution in [0.5, 0.6) is 0 Å². The first-order valence-corrected chi connectivity index (χ1v) is 5.36. The average molecular weight is 335 g/mol. The molecule has 0 aromatic carbocycles. The Bertz CT molecular complexity index is 320. The fraction of sp³-hybridized carbons (Fsp3) is 0.286. The molecule has 0 amide bonds. The minimum atomic E-state index is -2.55. The highest BCUT2D eigenvalue weighted by Gasteiger charge is 2.18. The van der Waals surface area contributed by atoms with Gasteiger partial charge in [-0.25, -0.2) is 13.8 Å². The number of alkyl halides is 3. The van der Waals surface area contributed by atoms with Crippen molar-refractivity contribution in [1.82, 2.24) is 4.98 Å². The summed E-state index contributed by atoms with van der Waals surface area (Å²) in [6, 6.07) is 0. The lowest BCUT2D eigenvalue weighted by Gasteiger charge is -2.08. The summed E-state index contributed by atoms with van der Waals surface area (Å²) in [4.78, 5) is 3.84. The molecular weight excluding hydrogens is 331 g/mol. The maximum Gasteiger partial charge on any atom is 0.265 e. The third-order valence-electron chi connectivity index (χ3n) is 1.46. The van der Waals surface area contributed by atoms with E-state index < -0.39 is 6.43 Å². The number of halogens is 5. The van der Waals surface area contributed by atoms with Gasteiger partial charge in [-0.15, -0.1) is 11.6 Å². The van der Waals surface area contributed by atoms with Gasteiger partial charge in [0.15, 0.2) is 0 Å². The van der Waals surface area contributed by atoms with Crippen LogP contribution < -0.4 is 0 Å². The van der Waals surface area contributed by atoms with Gasteiger partial charge in [-0.2, -0.15) is 0 Å². The zero-order valence-electron chi connectivity index (χ0n) is 6.20. The topological polar surface area (TPSA) is 12.9 Å². The molecule has 0 fully saturated rings. The van der Waals surface area contributed by atoms with Gasteiger partial charge in [-0.05, 0) is 37.4 Å². The summed E-state index contributed by atoms with van der Waals surface area (Å²) in [5.41, 5.74) is 0.239. The van der Waals surface area contributed by atoms with Crippen LogP contribution in [0.3, 0.4) is 0 Å². The smallest absolute Gasteiger partial charge is 0.248 e. The van der Waals surface area contributed by atoms with Gasteiger partial charge in [-0.1, -0.05) is 0 Å². The standard InChI is InChI=1S/C7H4Br2ClF2N/c8-5-4(7(11)12)3(1-10)2-13-6(5)9/h2,7H,1H2. The van der Waals surface area contributed by atoms with E-state index in [9.17, 15) is 8.78 Å². The summed E-state index contributed by atoms with van der Waals surface area (Å²) >= 11 is 11.6. The molecule has 0 N–H and O–H groups in total. The molecule has 13 heavy (non-hydrogen) atoms. The Kier molecular flexibility index (Phi) is 4.06. The maximum atomic E-state index is 12.5. The number of nitrogens with zero attached hydrogens (tertiary/aromatic N) is 1. The zero-order chi connectivity index (χ0) is 10.0. The Morgan fingerprint density at radius 1 is 1.46 bits per heavy atom. The lowest BCUT2D eigenvalue weighted by Crippen LogP contribution is -1.96. The van der Waals surface area contributed by atoms with Crippen LogP contribution in [0.4, 0.5) is 8.78 Å². The van der Waals surface area contributed by atoms with E-state index in [-0.39, 0.29) is 15.9 Å². The van der Waals surface area contributed by atoms with E-state index in [4.69, 9.17) is 11.6 Å². The van der Waals surface area contributed by atoms with E-state index in [1.54, 1.807) is 0 Å². The van der Waals surface area contributed by atoms with Crippen molar-refractivity contribution in [1.29, 1.82) is 0 Å². The minimum absolute atomic E-state index is 0.0263. The molecule has 1 nitrogen and oxygen atoms in total. The first-order valence-electron chi connectivity index (χ1n) is 3.24. The summed E-state index contributed by atoms with van der Waals surface area (Å²) in [5, 5.41) is 0. The van der Waals surface area contributed by atoms with Crippen molar-refractivity contribution >= 4 is 43.5 Å². The normalized spacial score (nSPS) is 10.9. The van der Waals surface area contributed by atoms with E-state index in [0.717, 1.165) is 0 Å². The number of hydrogen-bond donors (Lipinski definition) is 0. The Balaban J connectivity index is 3.32. The molecule has 1 aromatic rings. The number of pyridine rings is 1. The Hall–Kier alpha value is 0.260. The molecular formula is C7H4Br2ClF2N. The van der Waals surface area contributed by atoms with Crippen molar-refractivity contribution < 1.29 is 8.78 Å². The second-order valence-corrected chi connectivity index (χ2v) is 4.05. The van der Waals surface area contributed by atoms with Gasteiger partial charge in [0.2, 0.25) is 0 Å². The van der Waals surface area contributed by atoms with Gasteiger partial charge in [0.25, 0.3) is 6.43 Å². The fourth-order valence-corrected chi connectivity index (χ4v) is 1.91. The maximum absolute atomic E-state index is 12.5. The molecule has 1 aromatic heterocycles. The summed E-state index contributed by atoms with van der Waals surface area (Å²) in [6.45, 7) is 0. The van der Waals surface area contributed by atoms with Gasteiger partial charge in [-0.3, -0.25) is 0 Å². The molecule has 6 heteroatoms. The van der Waals surface area contributed by atoms with Gasteiger partial charge in [0.1, 0.15) is 4.60 Å². The molecule has 0 radical (unpaired) electrons. The zero-order valence-corrected chi connectivity index (χ0v) is 10.1. The van der Waals surface area contributed by atoms with Crippen LogP contribution >= 0.6 is 43.5 Å². The van der Waals surface area contributed by atoms with Crippen molar-refractivity contribution in [2.24, 2.45) is 0 Å². The van der Waals surface area contributed by atoms with E-state index in [1.807, 2.05) is 0 Å². The molecule has 0 spiro atoms. The quantitative estimate of drug-likeness (QED) is 0.581. The first-order chi connectivity index (χ1) is 6.07. The van der Waals surface area contributed by atoms with Crippen LogP contribution in [0, 0.1) is 0 Å². The predicted octanol–water partition coefficient (Wildman–Crippen LogP) is 4.28. The molecule has 0 saturated carbocycles. The molecule has 0 saturated heterocycles. The number of rotatable bonds is 2. The third kappa shape index (κ3) is 2.39. The van der Waals surface area contributed by atoms with Crippen molar-refractivity contribution in [2.45, 2.75) is 12.3 Å². The van der Waals surface area contributed by atoms with E-state index in [0.29, 0.717) is 10.2 Å². The Morgan fingerprint density at radius 2 is 2.08 bits per heavy atom. The van der Waals surface area contributed by atoms with E-state index in [2.05, 4.69) is 36.8 Å². The minimum Gasteiger partial charge on any atom is -0.248 e. The van der Waals surface area contributed by atoms with Gasteiger partial charge in [0.05, 0.1) is 4.47 Å². The van der Waals surface area contributed by atoms with Crippen LogP contribution in [0.15, 0.2) is 15.3 Å². The van der Waals surface area contributed by atoms with Gasteiger partial charge >= 0.3 is 0 Å². The van der Waals surface area contributed by atoms with Crippen molar-refractivity contribution in [2.75, 3.05) is 0 Å². The second kappa shape index (κ2) is 4.66. The number of hydrogen-bond acceptors (Lipinski definition) is 1. The van der Waals surface area contributed by atoms with Crippen molar-refractivity contribution in [3.63, 3.8) is 0 Å². The second-order valence-electron chi connectivity index (χ2n) is 2.24. The molecule has 0 aliphatic rings.